The van der Waals surface area contributed by atoms with Crippen molar-refractivity contribution in [3.8, 4) is 5.75 Å². The fraction of sp³-hybridized carbons (Fsp3) is 0.143. The second-order valence-corrected chi connectivity index (χ2v) is 4.92. The van der Waals surface area contributed by atoms with E-state index < -0.39 is 0 Å². The van der Waals surface area contributed by atoms with Gasteiger partial charge in [0.2, 0.25) is 0 Å². The smallest absolute Gasteiger partial charge is 0.258 e. The molecule has 1 aromatic heterocycles. The molecule has 4 nitrogen and oxygen atoms in total. The number of aromatic nitrogens is 1. The van der Waals surface area contributed by atoms with Crippen molar-refractivity contribution >= 4 is 34.8 Å². The Morgan fingerprint density at radius 1 is 1.25 bits per heavy atom. The van der Waals surface area contributed by atoms with Crippen molar-refractivity contribution in [1.82, 2.24) is 4.98 Å². The largest absolute Gasteiger partial charge is 0.497 e. The van der Waals surface area contributed by atoms with Gasteiger partial charge in [0, 0.05) is 18.0 Å². The van der Waals surface area contributed by atoms with E-state index in [-0.39, 0.29) is 11.5 Å². The molecule has 0 radical (unpaired) electrons. The monoisotopic (exact) mass is 310 g/mol. The van der Waals surface area contributed by atoms with E-state index in [2.05, 4.69) is 10.3 Å². The van der Waals surface area contributed by atoms with Gasteiger partial charge in [0.15, 0.2) is 0 Å². The molecule has 2 aromatic rings. The fourth-order valence-corrected chi connectivity index (χ4v) is 2.07. The van der Waals surface area contributed by atoms with Gasteiger partial charge in [-0.2, -0.15) is 0 Å². The summed E-state index contributed by atoms with van der Waals surface area (Å²) in [4.78, 5) is 16.2. The summed E-state index contributed by atoms with van der Waals surface area (Å²) in [5, 5.41) is 3.44. The number of benzene rings is 1. The minimum absolute atomic E-state index is 0.288. The number of rotatable bonds is 3. The van der Waals surface area contributed by atoms with Gasteiger partial charge in [-0.1, -0.05) is 23.2 Å². The second kappa shape index (κ2) is 6.11. The van der Waals surface area contributed by atoms with Crippen LogP contribution in [0, 0.1) is 6.92 Å². The Bertz CT molecular complexity index is 660. The summed E-state index contributed by atoms with van der Waals surface area (Å²) in [6.07, 6.45) is 1.43. The van der Waals surface area contributed by atoms with E-state index >= 15 is 0 Å². The quantitative estimate of drug-likeness (QED) is 0.933. The highest BCUT2D eigenvalue weighted by Gasteiger charge is 2.13. The number of halogens is 2. The number of pyridine rings is 1. The third-order valence-electron chi connectivity index (χ3n) is 2.66. The zero-order chi connectivity index (χ0) is 14.7. The number of hydrogen-bond donors (Lipinski definition) is 1. The maximum absolute atomic E-state index is 12.2. The first-order valence-electron chi connectivity index (χ1n) is 5.78. The van der Waals surface area contributed by atoms with Crippen molar-refractivity contribution < 1.29 is 9.53 Å². The first-order valence-corrected chi connectivity index (χ1v) is 6.54. The Kier molecular flexibility index (Phi) is 4.47. The van der Waals surface area contributed by atoms with Crippen molar-refractivity contribution in [1.29, 1.82) is 0 Å². The van der Waals surface area contributed by atoms with Crippen LogP contribution in [0.1, 0.15) is 16.1 Å². The van der Waals surface area contributed by atoms with Crippen LogP contribution < -0.4 is 10.1 Å². The third kappa shape index (κ3) is 3.21. The summed E-state index contributed by atoms with van der Waals surface area (Å²) in [6, 6.07) is 6.61. The lowest BCUT2D eigenvalue weighted by Gasteiger charge is -2.10. The van der Waals surface area contributed by atoms with Crippen molar-refractivity contribution in [2.75, 3.05) is 12.4 Å². The Hall–Kier alpha value is -1.78. The normalized spacial score (nSPS) is 10.2. The number of amides is 1. The van der Waals surface area contributed by atoms with Crippen LogP contribution in [0.5, 0.6) is 5.75 Å². The molecule has 104 valence electrons. The number of nitrogens with zero attached hydrogens (tertiary/aromatic N) is 1. The van der Waals surface area contributed by atoms with Crippen LogP contribution in [-0.2, 0) is 0 Å². The average molecular weight is 311 g/mol. The number of ether oxygens (including phenoxy) is 1. The predicted octanol–water partition coefficient (Wildman–Crippen LogP) is 3.96. The van der Waals surface area contributed by atoms with E-state index in [1.54, 1.807) is 31.2 Å². The summed E-state index contributed by atoms with van der Waals surface area (Å²) in [6.45, 7) is 1.80. The molecule has 0 saturated carbocycles. The third-order valence-corrected chi connectivity index (χ3v) is 3.30. The molecule has 0 unspecified atom stereocenters. The molecule has 0 fully saturated rings. The molecule has 0 bridgehead atoms. The number of methoxy groups -OCH3 is 1. The summed E-state index contributed by atoms with van der Waals surface area (Å²) < 4.78 is 5.09. The highest BCUT2D eigenvalue weighted by Crippen LogP contribution is 2.27. The van der Waals surface area contributed by atoms with Crippen molar-refractivity contribution in [2.45, 2.75) is 6.92 Å². The summed E-state index contributed by atoms with van der Waals surface area (Å²) in [5.74, 6) is 0.218. The van der Waals surface area contributed by atoms with Gasteiger partial charge in [0.25, 0.3) is 5.91 Å². The van der Waals surface area contributed by atoms with Gasteiger partial charge in [-0.25, -0.2) is 0 Å². The van der Waals surface area contributed by atoms with Crippen LogP contribution in [0.2, 0.25) is 10.0 Å². The molecule has 1 aromatic carbocycles. The number of aryl methyl sites for hydroxylation is 1. The second-order valence-electron chi connectivity index (χ2n) is 4.11. The molecule has 0 aliphatic carbocycles. The lowest BCUT2D eigenvalue weighted by molar-refractivity contribution is 0.102. The van der Waals surface area contributed by atoms with E-state index in [4.69, 9.17) is 27.9 Å². The van der Waals surface area contributed by atoms with E-state index in [1.165, 1.54) is 13.3 Å². The molecule has 0 spiro atoms. The summed E-state index contributed by atoms with van der Waals surface area (Å²) in [7, 11) is 1.54. The summed E-state index contributed by atoms with van der Waals surface area (Å²) >= 11 is 12.1. The van der Waals surface area contributed by atoms with Crippen LogP contribution in [0.25, 0.3) is 0 Å². The molecule has 1 amide bonds. The van der Waals surface area contributed by atoms with Crippen LogP contribution in [0.15, 0.2) is 30.5 Å². The lowest BCUT2D eigenvalue weighted by atomic mass is 10.2. The lowest BCUT2D eigenvalue weighted by Crippen LogP contribution is -2.13. The molecule has 1 heterocycles. The highest BCUT2D eigenvalue weighted by atomic mass is 35.5. The number of carbonyl (C=O) groups is 1. The van der Waals surface area contributed by atoms with Gasteiger partial charge in [-0.3, -0.25) is 9.78 Å². The molecule has 2 rings (SSSR count). The molecular weight excluding hydrogens is 299 g/mol. The van der Waals surface area contributed by atoms with Gasteiger partial charge in [-0.05, 0) is 25.1 Å². The molecule has 0 aliphatic rings. The Morgan fingerprint density at radius 2 is 2.00 bits per heavy atom. The van der Waals surface area contributed by atoms with Gasteiger partial charge >= 0.3 is 0 Å². The number of anilines is 1. The van der Waals surface area contributed by atoms with E-state index in [1.807, 2.05) is 0 Å². The maximum atomic E-state index is 12.2. The van der Waals surface area contributed by atoms with Gasteiger partial charge in [0.05, 0.1) is 28.4 Å². The Morgan fingerprint density at radius 3 is 2.65 bits per heavy atom. The van der Waals surface area contributed by atoms with Crippen LogP contribution >= 0.6 is 23.2 Å². The average Bonchev–Trinajstić information content (AvgIpc) is 2.41. The Balaban J connectivity index is 2.27. The standard InChI is InChI=1S/C14H12Cl2N2O2/c1-8-5-12(16)10(7-17-8)14(19)18-13-6-9(20-2)3-4-11(13)15/h3-7H,1-2H3,(H,18,19). The number of nitrogens with one attached hydrogen (secondary N) is 1. The maximum Gasteiger partial charge on any atom is 0.258 e. The first-order chi connectivity index (χ1) is 9.51. The predicted molar refractivity (Wildman–Crippen MR) is 79.9 cm³/mol. The minimum Gasteiger partial charge on any atom is -0.497 e. The molecule has 0 aliphatic heterocycles. The molecular formula is C14H12Cl2N2O2. The molecule has 0 saturated heterocycles. The highest BCUT2D eigenvalue weighted by molar-refractivity contribution is 6.36. The van der Waals surface area contributed by atoms with Gasteiger partial charge in [0.1, 0.15) is 5.75 Å². The molecule has 1 N–H and O–H groups in total. The van der Waals surface area contributed by atoms with Crippen molar-refractivity contribution in [2.24, 2.45) is 0 Å². The van der Waals surface area contributed by atoms with Crippen LogP contribution in [0.3, 0.4) is 0 Å². The van der Waals surface area contributed by atoms with Crippen molar-refractivity contribution in [3.05, 3.63) is 51.8 Å². The van der Waals surface area contributed by atoms with Gasteiger partial charge in [-0.15, -0.1) is 0 Å². The molecule has 6 heteroatoms. The van der Waals surface area contributed by atoms with E-state index in [0.717, 1.165) is 5.69 Å². The number of hydrogen-bond acceptors (Lipinski definition) is 3. The topological polar surface area (TPSA) is 51.2 Å². The molecule has 0 atom stereocenters. The zero-order valence-corrected chi connectivity index (χ0v) is 12.4. The minimum atomic E-state index is -0.377. The Labute approximate surface area is 126 Å². The SMILES string of the molecule is COc1ccc(Cl)c(NC(=O)c2cnc(C)cc2Cl)c1. The fourth-order valence-electron chi connectivity index (χ4n) is 1.61. The van der Waals surface area contributed by atoms with Crippen LogP contribution in [-0.4, -0.2) is 18.0 Å². The molecule has 20 heavy (non-hydrogen) atoms. The van der Waals surface area contributed by atoms with Crippen molar-refractivity contribution in [3.63, 3.8) is 0 Å². The first kappa shape index (κ1) is 14.6. The summed E-state index contributed by atoms with van der Waals surface area (Å²) in [5.41, 5.74) is 1.48. The number of carbonyl (C=O) groups excluding carboxylic acids is 1. The van der Waals surface area contributed by atoms with E-state index in [9.17, 15) is 4.79 Å². The zero-order valence-electron chi connectivity index (χ0n) is 10.9. The van der Waals surface area contributed by atoms with Gasteiger partial charge < -0.3 is 10.1 Å². The van der Waals surface area contributed by atoms with E-state index in [0.29, 0.717) is 21.5 Å². The van der Waals surface area contributed by atoms with Crippen LogP contribution in [0.4, 0.5) is 5.69 Å².